The molecule has 0 radical (unpaired) electrons. The van der Waals surface area contributed by atoms with Gasteiger partial charge in [-0.05, 0) is 48.6 Å². The molecule has 3 rings (SSSR count). The number of nitrogens with one attached hydrogen (secondary N) is 3. The molecule has 0 aliphatic carbocycles. The molecule has 4 amide bonds. The van der Waals surface area contributed by atoms with Crippen LogP contribution in [0.5, 0.6) is 5.75 Å². The Hall–Kier alpha value is -3.07. The van der Waals surface area contributed by atoms with E-state index in [-0.39, 0.29) is 23.8 Å². The fourth-order valence-corrected chi connectivity index (χ4v) is 3.81. The lowest BCUT2D eigenvalue weighted by molar-refractivity contribution is -0.121. The highest BCUT2D eigenvalue weighted by Gasteiger charge is 2.28. The molecular formula is C20H24N4O4S. The summed E-state index contributed by atoms with van der Waals surface area (Å²) in [6.45, 7) is 2.45. The molecule has 9 heteroatoms. The van der Waals surface area contributed by atoms with Crippen molar-refractivity contribution in [3.63, 3.8) is 0 Å². The minimum absolute atomic E-state index is 0.124. The van der Waals surface area contributed by atoms with Crippen LogP contribution in [-0.4, -0.2) is 42.9 Å². The summed E-state index contributed by atoms with van der Waals surface area (Å²) in [5.74, 6) is -0.00244. The summed E-state index contributed by atoms with van der Waals surface area (Å²) in [6.07, 6.45) is 1.16. The Morgan fingerprint density at radius 1 is 1.10 bits per heavy atom. The Morgan fingerprint density at radius 3 is 2.48 bits per heavy atom. The molecule has 0 atom stereocenters. The number of benzene rings is 1. The van der Waals surface area contributed by atoms with Gasteiger partial charge in [-0.3, -0.25) is 14.9 Å². The van der Waals surface area contributed by atoms with Crippen molar-refractivity contribution in [3.8, 4) is 5.75 Å². The van der Waals surface area contributed by atoms with E-state index in [1.807, 2.05) is 17.5 Å². The zero-order chi connectivity index (χ0) is 20.8. The highest BCUT2D eigenvalue weighted by atomic mass is 32.1. The van der Waals surface area contributed by atoms with Crippen molar-refractivity contribution >= 4 is 45.6 Å². The molecular weight excluding hydrogens is 392 g/mol. The van der Waals surface area contributed by atoms with Gasteiger partial charge < -0.3 is 20.3 Å². The number of methoxy groups -OCH3 is 1. The predicted octanol–water partition coefficient (Wildman–Crippen LogP) is 3.60. The SMILES string of the molecule is COc1ccc(NC(C)=O)cc1NC(=O)C1CCN(C(=O)Nc2cccs2)CC1. The first kappa shape index (κ1) is 20.7. The highest BCUT2D eigenvalue weighted by molar-refractivity contribution is 7.14. The van der Waals surface area contributed by atoms with Gasteiger partial charge in [0.25, 0.3) is 0 Å². The molecule has 2 heterocycles. The lowest BCUT2D eigenvalue weighted by Gasteiger charge is -2.31. The minimum atomic E-state index is -0.199. The molecule has 1 aliphatic rings. The van der Waals surface area contributed by atoms with Crippen molar-refractivity contribution < 1.29 is 19.1 Å². The molecule has 0 bridgehead atoms. The predicted molar refractivity (Wildman–Crippen MR) is 114 cm³/mol. The first-order valence-corrected chi connectivity index (χ1v) is 10.2. The fraction of sp³-hybridized carbons (Fsp3) is 0.350. The number of ether oxygens (including phenoxy) is 1. The zero-order valence-corrected chi connectivity index (χ0v) is 17.2. The molecule has 1 fully saturated rings. The van der Waals surface area contributed by atoms with Gasteiger partial charge in [0.1, 0.15) is 5.75 Å². The van der Waals surface area contributed by atoms with E-state index in [4.69, 9.17) is 4.74 Å². The summed E-state index contributed by atoms with van der Waals surface area (Å²) >= 11 is 1.47. The van der Waals surface area contributed by atoms with Gasteiger partial charge in [-0.15, -0.1) is 11.3 Å². The van der Waals surface area contributed by atoms with Crippen LogP contribution in [0.1, 0.15) is 19.8 Å². The fourth-order valence-electron chi connectivity index (χ4n) is 3.20. The standard InChI is InChI=1S/C20H24N4O4S/c1-13(25)21-15-5-6-17(28-2)16(12-15)22-19(26)14-7-9-24(10-8-14)20(27)23-18-4-3-11-29-18/h3-6,11-12,14H,7-10H2,1-2H3,(H,21,25)(H,22,26)(H,23,27). The quantitative estimate of drug-likeness (QED) is 0.693. The van der Waals surface area contributed by atoms with Crippen molar-refractivity contribution in [1.29, 1.82) is 0 Å². The third-order valence-corrected chi connectivity index (χ3v) is 5.47. The summed E-state index contributed by atoms with van der Waals surface area (Å²) < 4.78 is 5.30. The van der Waals surface area contributed by atoms with E-state index in [2.05, 4.69) is 16.0 Å². The molecule has 154 valence electrons. The summed E-state index contributed by atoms with van der Waals surface area (Å²) in [6, 6.07) is 8.66. The van der Waals surface area contributed by atoms with Crippen LogP contribution in [0.4, 0.5) is 21.2 Å². The van der Waals surface area contributed by atoms with E-state index in [1.54, 1.807) is 23.1 Å². The van der Waals surface area contributed by atoms with Crippen LogP contribution in [0, 0.1) is 5.92 Å². The van der Waals surface area contributed by atoms with E-state index in [9.17, 15) is 14.4 Å². The summed E-state index contributed by atoms with van der Waals surface area (Å²) in [5.41, 5.74) is 1.08. The van der Waals surface area contributed by atoms with Crippen LogP contribution in [0.3, 0.4) is 0 Å². The Morgan fingerprint density at radius 2 is 1.86 bits per heavy atom. The number of nitrogens with zero attached hydrogens (tertiary/aromatic N) is 1. The summed E-state index contributed by atoms with van der Waals surface area (Å²) in [5, 5.41) is 11.2. The third-order valence-electron chi connectivity index (χ3n) is 4.68. The Bertz CT molecular complexity index is 877. The number of amides is 4. The maximum absolute atomic E-state index is 12.7. The number of hydrogen-bond acceptors (Lipinski definition) is 5. The molecule has 0 unspecified atom stereocenters. The molecule has 29 heavy (non-hydrogen) atoms. The van der Waals surface area contributed by atoms with Gasteiger partial charge in [-0.2, -0.15) is 0 Å². The van der Waals surface area contributed by atoms with Gasteiger partial charge >= 0.3 is 6.03 Å². The number of rotatable bonds is 5. The average molecular weight is 417 g/mol. The lowest BCUT2D eigenvalue weighted by Crippen LogP contribution is -2.43. The number of urea groups is 1. The second-order valence-corrected chi connectivity index (χ2v) is 7.70. The number of carbonyl (C=O) groups excluding carboxylic acids is 3. The Balaban J connectivity index is 1.57. The van der Waals surface area contributed by atoms with Crippen molar-refractivity contribution in [1.82, 2.24) is 4.90 Å². The monoisotopic (exact) mass is 416 g/mol. The van der Waals surface area contributed by atoms with Crippen LogP contribution in [0.2, 0.25) is 0 Å². The number of thiophene rings is 1. The third kappa shape index (κ3) is 5.47. The van der Waals surface area contributed by atoms with Gasteiger partial charge in [0.15, 0.2) is 0 Å². The molecule has 2 aromatic rings. The van der Waals surface area contributed by atoms with E-state index in [0.29, 0.717) is 43.1 Å². The summed E-state index contributed by atoms with van der Waals surface area (Å²) in [7, 11) is 1.52. The molecule has 3 N–H and O–H groups in total. The van der Waals surface area contributed by atoms with Gasteiger partial charge in [0.05, 0.1) is 17.8 Å². The smallest absolute Gasteiger partial charge is 0.322 e. The summed E-state index contributed by atoms with van der Waals surface area (Å²) in [4.78, 5) is 38.0. The van der Waals surface area contributed by atoms with Crippen LogP contribution in [0.15, 0.2) is 35.7 Å². The van der Waals surface area contributed by atoms with E-state index >= 15 is 0 Å². The van der Waals surface area contributed by atoms with Crippen LogP contribution < -0.4 is 20.7 Å². The van der Waals surface area contributed by atoms with Crippen molar-refractivity contribution in [2.45, 2.75) is 19.8 Å². The molecule has 1 aromatic heterocycles. The van der Waals surface area contributed by atoms with E-state index in [0.717, 1.165) is 5.00 Å². The Kier molecular flexibility index (Phi) is 6.71. The molecule has 1 aliphatic heterocycles. The van der Waals surface area contributed by atoms with Gasteiger partial charge in [0, 0.05) is 31.6 Å². The number of piperidine rings is 1. The normalized spacial score (nSPS) is 14.2. The van der Waals surface area contributed by atoms with Crippen molar-refractivity contribution in [3.05, 3.63) is 35.7 Å². The molecule has 8 nitrogen and oxygen atoms in total. The van der Waals surface area contributed by atoms with Gasteiger partial charge in [-0.25, -0.2) is 4.79 Å². The molecule has 0 saturated carbocycles. The Labute approximate surface area is 173 Å². The van der Waals surface area contributed by atoms with E-state index < -0.39 is 0 Å². The second kappa shape index (κ2) is 9.42. The number of anilines is 3. The second-order valence-electron chi connectivity index (χ2n) is 6.75. The van der Waals surface area contributed by atoms with Crippen molar-refractivity contribution in [2.24, 2.45) is 5.92 Å². The van der Waals surface area contributed by atoms with Crippen LogP contribution >= 0.6 is 11.3 Å². The first-order valence-electron chi connectivity index (χ1n) is 9.32. The van der Waals surface area contributed by atoms with Crippen molar-refractivity contribution in [2.75, 3.05) is 36.1 Å². The van der Waals surface area contributed by atoms with Crippen LogP contribution in [0.25, 0.3) is 0 Å². The molecule has 1 aromatic carbocycles. The number of hydrogen-bond donors (Lipinski definition) is 3. The largest absolute Gasteiger partial charge is 0.495 e. The number of carbonyl (C=O) groups is 3. The van der Waals surface area contributed by atoms with E-state index in [1.165, 1.54) is 25.4 Å². The minimum Gasteiger partial charge on any atom is -0.495 e. The maximum Gasteiger partial charge on any atom is 0.322 e. The molecule has 0 spiro atoms. The first-order chi connectivity index (χ1) is 14.0. The van der Waals surface area contributed by atoms with Crippen LogP contribution in [-0.2, 0) is 9.59 Å². The topological polar surface area (TPSA) is 99.8 Å². The molecule has 1 saturated heterocycles. The van der Waals surface area contributed by atoms with Gasteiger partial charge in [-0.1, -0.05) is 0 Å². The van der Waals surface area contributed by atoms with Gasteiger partial charge in [0.2, 0.25) is 11.8 Å². The zero-order valence-electron chi connectivity index (χ0n) is 16.4. The maximum atomic E-state index is 12.7. The highest BCUT2D eigenvalue weighted by Crippen LogP contribution is 2.29. The average Bonchev–Trinajstić information content (AvgIpc) is 3.21. The lowest BCUT2D eigenvalue weighted by atomic mass is 9.96. The number of likely N-dealkylation sites (tertiary alicyclic amines) is 1.